The van der Waals surface area contributed by atoms with Gasteiger partial charge in [0.2, 0.25) is 0 Å². The molecule has 0 unspecified atom stereocenters. The minimum Gasteiger partial charge on any atom is -0.241 e. The zero-order chi connectivity index (χ0) is 9.97. The third kappa shape index (κ3) is 2.44. The van der Waals surface area contributed by atoms with Crippen LogP contribution in [0.5, 0.6) is 0 Å². The highest BCUT2D eigenvalue weighted by molar-refractivity contribution is 7.15. The summed E-state index contributed by atoms with van der Waals surface area (Å²) in [6.07, 6.45) is 2.49. The van der Waals surface area contributed by atoms with Gasteiger partial charge < -0.3 is 0 Å². The second-order valence-electron chi connectivity index (χ2n) is 2.71. The highest BCUT2D eigenvalue weighted by atomic mass is 35.5. The molecule has 2 rings (SSSR count). The molecule has 0 aliphatic carbocycles. The topological polar surface area (TPSA) is 25.8 Å². The number of pyridine rings is 1. The maximum Gasteiger partial charge on any atom is 0.183 e. The average molecular weight is 245 g/mol. The first kappa shape index (κ1) is 9.90. The Morgan fingerprint density at radius 1 is 1.29 bits per heavy atom. The van der Waals surface area contributed by atoms with Gasteiger partial charge in [-0.15, -0.1) is 11.3 Å². The second kappa shape index (κ2) is 4.26. The Morgan fingerprint density at radius 3 is 2.79 bits per heavy atom. The van der Waals surface area contributed by atoms with Gasteiger partial charge in [0.05, 0.1) is 0 Å². The van der Waals surface area contributed by atoms with Gasteiger partial charge in [-0.2, -0.15) is 0 Å². The molecule has 2 nitrogen and oxygen atoms in total. The van der Waals surface area contributed by atoms with Crippen molar-refractivity contribution in [2.24, 2.45) is 0 Å². The Labute approximate surface area is 95.5 Å². The maximum atomic E-state index is 5.77. The van der Waals surface area contributed by atoms with Gasteiger partial charge in [0, 0.05) is 23.2 Å². The lowest BCUT2D eigenvalue weighted by molar-refractivity contribution is 1.09. The molecule has 0 aliphatic heterocycles. The molecule has 0 radical (unpaired) electrons. The van der Waals surface area contributed by atoms with Crippen molar-refractivity contribution in [3.8, 4) is 0 Å². The van der Waals surface area contributed by atoms with Crippen LogP contribution < -0.4 is 0 Å². The van der Waals surface area contributed by atoms with Crippen LogP contribution >= 0.6 is 34.5 Å². The van der Waals surface area contributed by atoms with E-state index in [4.69, 9.17) is 23.2 Å². The molecule has 0 amide bonds. The molecule has 2 aromatic rings. The van der Waals surface area contributed by atoms with Crippen molar-refractivity contribution in [3.05, 3.63) is 44.6 Å². The molecule has 0 saturated heterocycles. The zero-order valence-electron chi connectivity index (χ0n) is 7.08. The van der Waals surface area contributed by atoms with Crippen LogP contribution in [0, 0.1) is 0 Å². The first-order chi connectivity index (χ1) is 6.74. The van der Waals surface area contributed by atoms with Crippen LogP contribution in [0.15, 0.2) is 24.4 Å². The third-order valence-electron chi connectivity index (χ3n) is 1.65. The van der Waals surface area contributed by atoms with E-state index in [-0.39, 0.29) is 0 Å². The number of hydrogen-bond donors (Lipinski definition) is 0. The summed E-state index contributed by atoms with van der Waals surface area (Å²) in [5, 5.41) is 0.512. The fourth-order valence-electron chi connectivity index (χ4n) is 1.09. The third-order valence-corrected chi connectivity index (χ3v) is 2.98. The summed E-state index contributed by atoms with van der Waals surface area (Å²) in [5.74, 6) is 0. The van der Waals surface area contributed by atoms with Crippen molar-refractivity contribution in [2.75, 3.05) is 0 Å². The second-order valence-corrected chi connectivity index (χ2v) is 4.79. The van der Waals surface area contributed by atoms with Gasteiger partial charge >= 0.3 is 0 Å². The monoisotopic (exact) mass is 244 g/mol. The maximum absolute atomic E-state index is 5.77. The summed E-state index contributed by atoms with van der Waals surface area (Å²) in [4.78, 5) is 9.23. The van der Waals surface area contributed by atoms with Crippen LogP contribution in [0.3, 0.4) is 0 Å². The Hall–Kier alpha value is -0.640. The zero-order valence-corrected chi connectivity index (χ0v) is 9.40. The van der Waals surface area contributed by atoms with Crippen LogP contribution in [-0.2, 0) is 6.42 Å². The number of hydrogen-bond acceptors (Lipinski definition) is 3. The van der Waals surface area contributed by atoms with Crippen molar-refractivity contribution >= 4 is 34.5 Å². The van der Waals surface area contributed by atoms with Gasteiger partial charge in [-0.3, -0.25) is 0 Å². The van der Waals surface area contributed by atoms with Crippen molar-refractivity contribution < 1.29 is 0 Å². The van der Waals surface area contributed by atoms with E-state index in [1.54, 1.807) is 12.3 Å². The number of halogens is 2. The Bertz CT molecular complexity index is 442. The van der Waals surface area contributed by atoms with E-state index in [1.165, 1.54) is 11.3 Å². The minimum atomic E-state index is 0.512. The highest BCUT2D eigenvalue weighted by Gasteiger charge is 2.02. The molecule has 2 aromatic heterocycles. The molecule has 0 aromatic carbocycles. The lowest BCUT2D eigenvalue weighted by atomic mass is 10.2. The lowest BCUT2D eigenvalue weighted by Crippen LogP contribution is -1.89. The molecule has 0 saturated carbocycles. The van der Waals surface area contributed by atoms with E-state index < -0.39 is 0 Å². The van der Waals surface area contributed by atoms with Crippen molar-refractivity contribution in [3.63, 3.8) is 0 Å². The fourth-order valence-corrected chi connectivity index (χ4v) is 2.27. The number of nitrogens with zero attached hydrogens (tertiary/aromatic N) is 2. The van der Waals surface area contributed by atoms with E-state index in [0.717, 1.165) is 17.0 Å². The van der Waals surface area contributed by atoms with Crippen molar-refractivity contribution in [1.29, 1.82) is 0 Å². The molecule has 0 bridgehead atoms. The summed E-state index contributed by atoms with van der Waals surface area (Å²) in [7, 11) is 0. The molecule has 2 heterocycles. The largest absolute Gasteiger partial charge is 0.241 e. The molecule has 5 heteroatoms. The van der Waals surface area contributed by atoms with E-state index >= 15 is 0 Å². The molecule has 0 aliphatic rings. The fraction of sp³-hybridized carbons (Fsp3) is 0.111. The normalized spacial score (nSPS) is 10.4. The quantitative estimate of drug-likeness (QED) is 0.757. The molecule has 0 atom stereocenters. The van der Waals surface area contributed by atoms with Crippen LogP contribution in [0.2, 0.25) is 9.62 Å². The van der Waals surface area contributed by atoms with Crippen LogP contribution in [0.25, 0.3) is 0 Å². The summed E-state index contributed by atoms with van der Waals surface area (Å²) in [6.45, 7) is 0. The van der Waals surface area contributed by atoms with Gasteiger partial charge in [-0.05, 0) is 12.1 Å². The van der Waals surface area contributed by atoms with Crippen LogP contribution in [0.4, 0.5) is 0 Å². The summed E-state index contributed by atoms with van der Waals surface area (Å²) < 4.78 is 0.557. The molecule has 72 valence electrons. The summed E-state index contributed by atoms with van der Waals surface area (Å²) in [5.41, 5.74) is 0.929. The van der Waals surface area contributed by atoms with Crippen LogP contribution in [0.1, 0.15) is 10.6 Å². The summed E-state index contributed by atoms with van der Waals surface area (Å²) >= 11 is 12.9. The average Bonchev–Trinajstić information content (AvgIpc) is 2.51. The first-order valence-corrected chi connectivity index (χ1v) is 5.53. The van der Waals surface area contributed by atoms with E-state index in [1.807, 2.05) is 12.1 Å². The molecule has 0 spiro atoms. The molecule has 0 fully saturated rings. The number of aromatic nitrogens is 2. The predicted octanol–water partition coefficient (Wildman–Crippen LogP) is 3.44. The van der Waals surface area contributed by atoms with E-state index in [2.05, 4.69) is 9.97 Å². The van der Waals surface area contributed by atoms with Gasteiger partial charge in [0.1, 0.15) is 5.15 Å². The SMILES string of the molecule is Clc1cccc(Cc2cnc(Cl)s2)n1. The van der Waals surface area contributed by atoms with Crippen LogP contribution in [-0.4, -0.2) is 9.97 Å². The van der Waals surface area contributed by atoms with Gasteiger partial charge in [0.25, 0.3) is 0 Å². The van der Waals surface area contributed by atoms with Crippen molar-refractivity contribution in [2.45, 2.75) is 6.42 Å². The van der Waals surface area contributed by atoms with Gasteiger partial charge in [-0.25, -0.2) is 9.97 Å². The molecular formula is C9H6Cl2N2S. The summed E-state index contributed by atoms with van der Waals surface area (Å²) in [6, 6.07) is 5.57. The predicted molar refractivity (Wildman–Crippen MR) is 59.2 cm³/mol. The lowest BCUT2D eigenvalue weighted by Gasteiger charge is -1.96. The Morgan fingerprint density at radius 2 is 2.14 bits per heavy atom. The minimum absolute atomic E-state index is 0.512. The van der Waals surface area contributed by atoms with Gasteiger partial charge in [-0.1, -0.05) is 29.3 Å². The van der Waals surface area contributed by atoms with Gasteiger partial charge in [0.15, 0.2) is 4.47 Å². The number of rotatable bonds is 2. The molecular weight excluding hydrogens is 239 g/mol. The Kier molecular flexibility index (Phi) is 3.01. The van der Waals surface area contributed by atoms with E-state index in [9.17, 15) is 0 Å². The smallest absolute Gasteiger partial charge is 0.183 e. The first-order valence-electron chi connectivity index (χ1n) is 3.96. The number of thiazole rings is 1. The molecule has 14 heavy (non-hydrogen) atoms. The Balaban J connectivity index is 2.18. The highest BCUT2D eigenvalue weighted by Crippen LogP contribution is 2.20. The molecule has 0 N–H and O–H groups in total. The van der Waals surface area contributed by atoms with E-state index in [0.29, 0.717) is 9.62 Å². The standard InChI is InChI=1S/C9H6Cl2N2S/c10-8-3-1-2-6(13-8)4-7-5-12-9(11)14-7/h1-3,5H,4H2. The van der Waals surface area contributed by atoms with Crippen molar-refractivity contribution in [1.82, 2.24) is 9.97 Å².